The number of nitrogens with zero attached hydrogens (tertiary/aromatic N) is 1. The predicted octanol–water partition coefficient (Wildman–Crippen LogP) is 3.09. The largest absolute Gasteiger partial charge is 0.341 e. The third-order valence-electron chi connectivity index (χ3n) is 4.98. The van der Waals surface area contributed by atoms with E-state index in [1.54, 1.807) is 0 Å². The van der Waals surface area contributed by atoms with E-state index in [9.17, 15) is 8.42 Å². The molecular weight excluding hydrogens is 320 g/mol. The molecule has 0 saturated carbocycles. The molecule has 1 N–H and O–H groups in total. The zero-order chi connectivity index (χ0) is 16.7. The zero-order valence-electron chi connectivity index (χ0n) is 13.8. The van der Waals surface area contributed by atoms with Gasteiger partial charge in [0.25, 0.3) is 0 Å². The first-order chi connectivity index (χ1) is 11.6. The van der Waals surface area contributed by atoms with E-state index in [4.69, 9.17) is 0 Å². The maximum Gasteiger partial charge on any atom is 0.151 e. The molecule has 1 fully saturated rings. The molecule has 1 saturated heterocycles. The Bertz CT molecular complexity index is 1000. The molecule has 126 valence electrons. The van der Waals surface area contributed by atoms with Gasteiger partial charge in [-0.25, -0.2) is 8.42 Å². The average molecular weight is 342 g/mol. The minimum absolute atomic E-state index is 0.0858. The van der Waals surface area contributed by atoms with E-state index < -0.39 is 9.84 Å². The third-order valence-corrected chi connectivity index (χ3v) is 6.75. The summed E-state index contributed by atoms with van der Waals surface area (Å²) >= 11 is 0. The lowest BCUT2D eigenvalue weighted by atomic mass is 10.1. The van der Waals surface area contributed by atoms with E-state index in [1.807, 2.05) is 0 Å². The van der Waals surface area contributed by atoms with Crippen LogP contribution in [0.5, 0.6) is 0 Å². The topological polar surface area (TPSA) is 51.1 Å². The lowest BCUT2D eigenvalue weighted by molar-refractivity contribution is 0.554. The Morgan fingerprint density at radius 3 is 2.67 bits per heavy atom. The number of aryl methyl sites for hydroxylation is 1. The molecule has 3 aromatic rings. The molecule has 2 aromatic carbocycles. The van der Waals surface area contributed by atoms with Gasteiger partial charge in [-0.2, -0.15) is 0 Å². The predicted molar refractivity (Wildman–Crippen MR) is 99.0 cm³/mol. The molecule has 2 heterocycles. The van der Waals surface area contributed by atoms with Gasteiger partial charge in [-0.15, -0.1) is 0 Å². The van der Waals surface area contributed by atoms with Gasteiger partial charge in [-0.3, -0.25) is 0 Å². The van der Waals surface area contributed by atoms with Crippen LogP contribution in [0.1, 0.15) is 18.9 Å². The summed E-state index contributed by atoms with van der Waals surface area (Å²) in [4.78, 5) is 0. The third kappa shape index (κ3) is 2.72. The highest BCUT2D eigenvalue weighted by atomic mass is 32.2. The normalized spacial score (nSPS) is 20.1. The number of benzene rings is 2. The number of nitrogens with one attached hydrogen (secondary N) is 1. The van der Waals surface area contributed by atoms with Crippen molar-refractivity contribution in [1.29, 1.82) is 0 Å². The minimum Gasteiger partial charge on any atom is -0.341 e. The second-order valence-corrected chi connectivity index (χ2v) is 8.82. The molecule has 4 nitrogen and oxygen atoms in total. The van der Waals surface area contributed by atoms with Gasteiger partial charge >= 0.3 is 0 Å². The van der Waals surface area contributed by atoms with Gasteiger partial charge < -0.3 is 9.88 Å². The molecule has 0 aliphatic carbocycles. The summed E-state index contributed by atoms with van der Waals surface area (Å²) in [6.07, 6.45) is 0.722. The van der Waals surface area contributed by atoms with Crippen LogP contribution >= 0.6 is 0 Å². The number of hydrogen-bond donors (Lipinski definition) is 1. The first-order valence-corrected chi connectivity index (χ1v) is 10.3. The molecule has 1 aliphatic heterocycles. The summed E-state index contributed by atoms with van der Waals surface area (Å²) in [6.45, 7) is 3.82. The monoisotopic (exact) mass is 342 g/mol. The molecule has 4 rings (SSSR count). The van der Waals surface area contributed by atoms with Gasteiger partial charge in [-0.1, -0.05) is 24.3 Å². The van der Waals surface area contributed by atoms with Crippen molar-refractivity contribution in [3.05, 3.63) is 48.0 Å². The Labute approximate surface area is 142 Å². The van der Waals surface area contributed by atoms with Crippen LogP contribution in [0, 0.1) is 0 Å². The Morgan fingerprint density at radius 1 is 1.12 bits per heavy atom. The summed E-state index contributed by atoms with van der Waals surface area (Å²) in [7, 11) is -2.83. The van der Waals surface area contributed by atoms with E-state index in [0.29, 0.717) is 12.3 Å². The Hall–Kier alpha value is -1.85. The molecule has 1 atom stereocenters. The number of para-hydroxylation sites is 1. The summed E-state index contributed by atoms with van der Waals surface area (Å²) in [5, 5.41) is 5.95. The van der Waals surface area contributed by atoms with Gasteiger partial charge in [0.05, 0.1) is 11.5 Å². The first kappa shape index (κ1) is 15.7. The maximum atomic E-state index is 11.6. The number of rotatable bonds is 4. The van der Waals surface area contributed by atoms with Crippen LogP contribution < -0.4 is 5.32 Å². The van der Waals surface area contributed by atoms with Crippen LogP contribution in [0.3, 0.4) is 0 Å². The molecule has 1 aromatic heterocycles. The van der Waals surface area contributed by atoms with Gasteiger partial charge in [0.2, 0.25) is 0 Å². The molecule has 24 heavy (non-hydrogen) atoms. The highest BCUT2D eigenvalue weighted by molar-refractivity contribution is 7.91. The zero-order valence-corrected chi connectivity index (χ0v) is 14.6. The van der Waals surface area contributed by atoms with Gasteiger partial charge in [-0.05, 0) is 37.1 Å². The molecule has 0 spiro atoms. The Morgan fingerprint density at radius 2 is 1.92 bits per heavy atom. The van der Waals surface area contributed by atoms with Crippen molar-refractivity contribution in [3.8, 4) is 0 Å². The lowest BCUT2D eigenvalue weighted by Crippen LogP contribution is -2.29. The van der Waals surface area contributed by atoms with Crippen molar-refractivity contribution < 1.29 is 8.42 Å². The van der Waals surface area contributed by atoms with Crippen molar-refractivity contribution in [3.63, 3.8) is 0 Å². The number of hydrogen-bond acceptors (Lipinski definition) is 3. The van der Waals surface area contributed by atoms with Crippen LogP contribution in [-0.4, -0.2) is 30.5 Å². The minimum atomic E-state index is -2.83. The fourth-order valence-corrected chi connectivity index (χ4v) is 5.48. The van der Waals surface area contributed by atoms with Crippen LogP contribution in [0.15, 0.2) is 42.5 Å². The quantitative estimate of drug-likeness (QED) is 0.793. The van der Waals surface area contributed by atoms with Gasteiger partial charge in [0.1, 0.15) is 0 Å². The second-order valence-electron chi connectivity index (χ2n) is 6.59. The molecule has 0 amide bonds. The molecular formula is C19H22N2O2S. The van der Waals surface area contributed by atoms with Crippen molar-refractivity contribution in [1.82, 2.24) is 9.88 Å². The van der Waals surface area contributed by atoms with Crippen molar-refractivity contribution in [2.24, 2.45) is 0 Å². The smallest absolute Gasteiger partial charge is 0.151 e. The molecule has 1 aliphatic rings. The standard InChI is InChI=1S/C19H22N2O2S/c1-2-21-18-6-4-3-5-16(18)17-11-14(7-8-19(17)21)12-20-15-9-10-24(22,23)13-15/h3-8,11,15,20H,2,9-10,12-13H2,1H3. The lowest BCUT2D eigenvalue weighted by Gasteiger charge is -2.11. The Balaban J connectivity index is 1.65. The SMILES string of the molecule is CCn1c2ccccc2c2cc(CNC3CCS(=O)(=O)C3)ccc21. The molecule has 1 unspecified atom stereocenters. The van der Waals surface area contributed by atoms with Crippen LogP contribution in [0.25, 0.3) is 21.8 Å². The fourth-order valence-electron chi connectivity index (χ4n) is 3.77. The van der Waals surface area contributed by atoms with Gasteiger partial charge in [0.15, 0.2) is 9.84 Å². The number of fused-ring (bicyclic) bond motifs is 3. The first-order valence-electron chi connectivity index (χ1n) is 8.51. The highest BCUT2D eigenvalue weighted by Gasteiger charge is 2.27. The van der Waals surface area contributed by atoms with Crippen molar-refractivity contribution in [2.75, 3.05) is 11.5 Å². The highest BCUT2D eigenvalue weighted by Crippen LogP contribution is 2.29. The van der Waals surface area contributed by atoms with E-state index in [0.717, 1.165) is 13.0 Å². The summed E-state index contributed by atoms with van der Waals surface area (Å²) < 4.78 is 25.5. The van der Waals surface area contributed by atoms with Crippen LogP contribution in [-0.2, 0) is 22.9 Å². The van der Waals surface area contributed by atoms with Gasteiger partial charge in [0, 0.05) is 40.9 Å². The molecule has 0 bridgehead atoms. The van der Waals surface area contributed by atoms with Crippen LogP contribution in [0.2, 0.25) is 0 Å². The molecule has 5 heteroatoms. The fraction of sp³-hybridized carbons (Fsp3) is 0.368. The van der Waals surface area contributed by atoms with E-state index >= 15 is 0 Å². The van der Waals surface area contributed by atoms with E-state index in [2.05, 4.69) is 59.3 Å². The summed E-state index contributed by atoms with van der Waals surface area (Å²) in [6, 6.07) is 15.1. The maximum absolute atomic E-state index is 11.6. The Kier molecular flexibility index (Phi) is 3.85. The average Bonchev–Trinajstić information content (AvgIpc) is 3.09. The summed E-state index contributed by atoms with van der Waals surface area (Å²) in [5.74, 6) is 0.581. The summed E-state index contributed by atoms with van der Waals surface area (Å²) in [5.41, 5.74) is 3.72. The number of sulfone groups is 1. The van der Waals surface area contributed by atoms with Crippen LogP contribution in [0.4, 0.5) is 0 Å². The molecule has 0 radical (unpaired) electrons. The number of aromatic nitrogens is 1. The van der Waals surface area contributed by atoms with Crippen molar-refractivity contribution in [2.45, 2.75) is 32.5 Å². The second kappa shape index (κ2) is 5.90. The van der Waals surface area contributed by atoms with Crippen molar-refractivity contribution >= 4 is 31.6 Å². The van der Waals surface area contributed by atoms with E-state index in [-0.39, 0.29) is 11.8 Å². The van der Waals surface area contributed by atoms with E-state index in [1.165, 1.54) is 27.4 Å².